The van der Waals surface area contributed by atoms with Crippen molar-refractivity contribution >= 4 is 11.5 Å². The van der Waals surface area contributed by atoms with E-state index in [2.05, 4.69) is 15.3 Å². The second-order valence-corrected chi connectivity index (χ2v) is 3.91. The predicted molar refractivity (Wildman–Crippen MR) is 69.3 cm³/mol. The van der Waals surface area contributed by atoms with E-state index in [1.807, 2.05) is 7.05 Å². The van der Waals surface area contributed by atoms with Crippen LogP contribution in [0.5, 0.6) is 0 Å². The van der Waals surface area contributed by atoms with Gasteiger partial charge in [0.25, 0.3) is 0 Å². The highest BCUT2D eigenvalue weighted by Gasteiger charge is 2.10. The first kappa shape index (κ1) is 12.4. The zero-order valence-corrected chi connectivity index (χ0v) is 10.4. The Kier molecular flexibility index (Phi) is 3.84. The van der Waals surface area contributed by atoms with E-state index in [0.717, 1.165) is 5.69 Å². The molecule has 18 heavy (non-hydrogen) atoms. The molecule has 0 atom stereocenters. The van der Waals surface area contributed by atoms with E-state index >= 15 is 0 Å². The first-order valence-corrected chi connectivity index (χ1v) is 5.66. The van der Waals surface area contributed by atoms with E-state index in [4.69, 9.17) is 0 Å². The quantitative estimate of drug-likeness (QED) is 0.897. The van der Waals surface area contributed by atoms with E-state index in [9.17, 15) is 4.39 Å². The van der Waals surface area contributed by atoms with Gasteiger partial charge in [-0.3, -0.25) is 4.98 Å². The highest BCUT2D eigenvalue weighted by molar-refractivity contribution is 5.58. The Morgan fingerprint density at radius 3 is 2.78 bits per heavy atom. The molecule has 0 aliphatic carbocycles. The summed E-state index contributed by atoms with van der Waals surface area (Å²) in [6.45, 7) is 0.631. The second kappa shape index (κ2) is 5.55. The summed E-state index contributed by atoms with van der Waals surface area (Å²) >= 11 is 0. The molecule has 0 fully saturated rings. The molecule has 1 N–H and O–H groups in total. The molecule has 1 aromatic carbocycles. The molecule has 1 aromatic heterocycles. The monoisotopic (exact) mass is 246 g/mol. The Labute approximate surface area is 105 Å². The van der Waals surface area contributed by atoms with Crippen molar-refractivity contribution in [1.29, 1.82) is 0 Å². The van der Waals surface area contributed by atoms with Crippen molar-refractivity contribution in [3.63, 3.8) is 0 Å². The highest BCUT2D eigenvalue weighted by atomic mass is 19.1. The Balaban J connectivity index is 2.31. The third-order valence-electron chi connectivity index (χ3n) is 2.59. The fourth-order valence-corrected chi connectivity index (χ4v) is 1.67. The molecular weight excluding hydrogens is 231 g/mol. The third-order valence-corrected chi connectivity index (χ3v) is 2.59. The zero-order chi connectivity index (χ0) is 13.0. The maximum atomic E-state index is 13.7. The summed E-state index contributed by atoms with van der Waals surface area (Å²) < 4.78 is 13.7. The van der Waals surface area contributed by atoms with E-state index in [1.165, 1.54) is 6.07 Å². The molecule has 0 saturated heterocycles. The van der Waals surface area contributed by atoms with Crippen LogP contribution in [0, 0.1) is 5.82 Å². The molecule has 94 valence electrons. The van der Waals surface area contributed by atoms with Crippen molar-refractivity contribution in [2.24, 2.45) is 0 Å². The largest absolute Gasteiger partial charge is 0.326 e. The molecule has 0 saturated carbocycles. The van der Waals surface area contributed by atoms with Gasteiger partial charge in [-0.1, -0.05) is 12.1 Å². The van der Waals surface area contributed by atoms with Crippen LogP contribution in [0.4, 0.5) is 15.9 Å². The molecule has 1 heterocycles. The van der Waals surface area contributed by atoms with Gasteiger partial charge in [-0.25, -0.2) is 9.37 Å². The van der Waals surface area contributed by atoms with Gasteiger partial charge in [0.05, 0.1) is 17.6 Å². The zero-order valence-electron chi connectivity index (χ0n) is 10.4. The molecular formula is C13H15FN4. The lowest BCUT2D eigenvalue weighted by atomic mass is 10.3. The van der Waals surface area contributed by atoms with Gasteiger partial charge in [0, 0.05) is 19.8 Å². The van der Waals surface area contributed by atoms with Crippen LogP contribution in [0.1, 0.15) is 5.69 Å². The topological polar surface area (TPSA) is 41.1 Å². The molecule has 0 bridgehead atoms. The summed E-state index contributed by atoms with van der Waals surface area (Å²) in [5.41, 5.74) is 1.30. The van der Waals surface area contributed by atoms with Gasteiger partial charge in [-0.15, -0.1) is 0 Å². The summed E-state index contributed by atoms with van der Waals surface area (Å²) in [7, 11) is 3.61. The van der Waals surface area contributed by atoms with Crippen LogP contribution < -0.4 is 10.2 Å². The SMILES string of the molecule is CNCc1cncc(N(C)c2ccccc2F)n1. The van der Waals surface area contributed by atoms with Crippen LogP contribution in [0.15, 0.2) is 36.7 Å². The fraction of sp³-hybridized carbons (Fsp3) is 0.231. The molecule has 0 unspecified atom stereocenters. The van der Waals surface area contributed by atoms with Crippen molar-refractivity contribution in [3.8, 4) is 0 Å². The number of aromatic nitrogens is 2. The van der Waals surface area contributed by atoms with Gasteiger partial charge in [-0.2, -0.15) is 0 Å². The Bertz CT molecular complexity index is 530. The van der Waals surface area contributed by atoms with Crippen LogP contribution in [0.25, 0.3) is 0 Å². The summed E-state index contributed by atoms with van der Waals surface area (Å²) in [5.74, 6) is 0.341. The number of benzene rings is 1. The minimum absolute atomic E-state index is 0.277. The second-order valence-electron chi connectivity index (χ2n) is 3.91. The minimum atomic E-state index is -0.277. The van der Waals surface area contributed by atoms with Crippen molar-refractivity contribution in [2.75, 3.05) is 19.0 Å². The van der Waals surface area contributed by atoms with Gasteiger partial charge in [0.15, 0.2) is 5.82 Å². The van der Waals surface area contributed by atoms with Crippen LogP contribution in [0.2, 0.25) is 0 Å². The molecule has 2 rings (SSSR count). The third kappa shape index (κ3) is 2.62. The lowest BCUT2D eigenvalue weighted by Gasteiger charge is -2.18. The Morgan fingerprint density at radius 1 is 1.28 bits per heavy atom. The van der Waals surface area contributed by atoms with Gasteiger partial charge >= 0.3 is 0 Å². The molecule has 0 amide bonds. The van der Waals surface area contributed by atoms with Crippen LogP contribution >= 0.6 is 0 Å². The summed E-state index contributed by atoms with van der Waals surface area (Å²) in [6.07, 6.45) is 3.31. The van der Waals surface area contributed by atoms with Crippen LogP contribution in [-0.4, -0.2) is 24.1 Å². The first-order chi connectivity index (χ1) is 8.72. The van der Waals surface area contributed by atoms with E-state index < -0.39 is 0 Å². The maximum absolute atomic E-state index is 13.7. The van der Waals surface area contributed by atoms with Gasteiger partial charge < -0.3 is 10.2 Å². The molecule has 4 nitrogen and oxygen atoms in total. The average molecular weight is 246 g/mol. The molecule has 0 aliphatic heterocycles. The van der Waals surface area contributed by atoms with Gasteiger partial charge in [-0.05, 0) is 19.2 Å². The van der Waals surface area contributed by atoms with Crippen molar-refractivity contribution in [2.45, 2.75) is 6.54 Å². The van der Waals surface area contributed by atoms with Crippen molar-refractivity contribution < 1.29 is 4.39 Å². The number of hydrogen-bond acceptors (Lipinski definition) is 4. The van der Waals surface area contributed by atoms with Gasteiger partial charge in [0.1, 0.15) is 5.82 Å². The number of nitrogens with zero attached hydrogens (tertiary/aromatic N) is 3. The molecule has 2 aromatic rings. The van der Waals surface area contributed by atoms with E-state index in [0.29, 0.717) is 18.1 Å². The minimum Gasteiger partial charge on any atom is -0.326 e. The smallest absolute Gasteiger partial charge is 0.151 e. The lowest BCUT2D eigenvalue weighted by Crippen LogP contribution is -2.15. The Morgan fingerprint density at radius 2 is 2.06 bits per heavy atom. The lowest BCUT2D eigenvalue weighted by molar-refractivity contribution is 0.627. The van der Waals surface area contributed by atoms with E-state index in [-0.39, 0.29) is 5.82 Å². The van der Waals surface area contributed by atoms with Crippen LogP contribution in [0.3, 0.4) is 0 Å². The van der Waals surface area contributed by atoms with E-state index in [1.54, 1.807) is 42.5 Å². The van der Waals surface area contributed by atoms with Gasteiger partial charge in [0.2, 0.25) is 0 Å². The van der Waals surface area contributed by atoms with Crippen LogP contribution in [-0.2, 0) is 6.54 Å². The number of hydrogen-bond donors (Lipinski definition) is 1. The number of halogens is 1. The average Bonchev–Trinajstić information content (AvgIpc) is 2.39. The summed E-state index contributed by atoms with van der Waals surface area (Å²) in [6, 6.07) is 6.59. The summed E-state index contributed by atoms with van der Waals surface area (Å²) in [5, 5.41) is 3.01. The summed E-state index contributed by atoms with van der Waals surface area (Å²) in [4.78, 5) is 10.2. The normalized spacial score (nSPS) is 10.4. The molecule has 5 heteroatoms. The molecule has 0 spiro atoms. The van der Waals surface area contributed by atoms with Crippen molar-refractivity contribution in [1.82, 2.24) is 15.3 Å². The fourth-order valence-electron chi connectivity index (χ4n) is 1.67. The number of anilines is 2. The highest BCUT2D eigenvalue weighted by Crippen LogP contribution is 2.23. The predicted octanol–water partition coefficient (Wildman–Crippen LogP) is 2.10. The molecule has 0 aliphatic rings. The number of para-hydroxylation sites is 1. The standard InChI is InChI=1S/C13H15FN4/c1-15-7-10-8-16-9-13(17-10)18(2)12-6-4-3-5-11(12)14/h3-6,8-9,15H,7H2,1-2H3. The molecule has 0 radical (unpaired) electrons. The Hall–Kier alpha value is -2.01. The van der Waals surface area contributed by atoms with Crippen molar-refractivity contribution in [3.05, 3.63) is 48.2 Å². The number of nitrogens with one attached hydrogen (secondary N) is 1. The number of rotatable bonds is 4. The maximum Gasteiger partial charge on any atom is 0.151 e. The first-order valence-electron chi connectivity index (χ1n) is 5.66.